The maximum absolute atomic E-state index is 12.4. The number of amides is 1. The van der Waals surface area contributed by atoms with Crippen molar-refractivity contribution in [2.24, 2.45) is 11.8 Å². The van der Waals surface area contributed by atoms with Gasteiger partial charge in [0.25, 0.3) is 0 Å². The predicted molar refractivity (Wildman–Crippen MR) is 102 cm³/mol. The minimum atomic E-state index is 0.168. The summed E-state index contributed by atoms with van der Waals surface area (Å²) in [4.78, 5) is 25.8. The molecule has 0 radical (unpaired) electrons. The summed E-state index contributed by atoms with van der Waals surface area (Å²) in [6.45, 7) is 11.7. The van der Waals surface area contributed by atoms with Crippen LogP contribution in [0.5, 0.6) is 0 Å². The zero-order chi connectivity index (χ0) is 18.5. The molecule has 0 atom stereocenters. The molecule has 0 aromatic rings. The molecule has 142 valence electrons. The summed E-state index contributed by atoms with van der Waals surface area (Å²) in [6, 6.07) is 0.567. The van der Waals surface area contributed by atoms with Gasteiger partial charge in [0.15, 0.2) is 0 Å². The van der Waals surface area contributed by atoms with E-state index < -0.39 is 0 Å². The van der Waals surface area contributed by atoms with Crippen molar-refractivity contribution in [1.82, 2.24) is 10.2 Å². The van der Waals surface area contributed by atoms with Gasteiger partial charge in [0, 0.05) is 31.0 Å². The molecule has 1 saturated heterocycles. The van der Waals surface area contributed by atoms with Gasteiger partial charge in [-0.3, -0.25) is 9.59 Å². The Bertz CT molecular complexity index is 342. The Morgan fingerprint density at radius 1 is 0.917 bits per heavy atom. The number of rotatable bonds is 3. The van der Waals surface area contributed by atoms with Gasteiger partial charge in [0.2, 0.25) is 5.91 Å². The van der Waals surface area contributed by atoms with Crippen molar-refractivity contribution in [3.8, 4) is 0 Å². The molecule has 2 fully saturated rings. The van der Waals surface area contributed by atoms with Crippen molar-refractivity contribution in [2.45, 2.75) is 85.6 Å². The van der Waals surface area contributed by atoms with E-state index in [1.165, 1.54) is 6.42 Å². The van der Waals surface area contributed by atoms with Crippen LogP contribution in [0.15, 0.2) is 0 Å². The van der Waals surface area contributed by atoms with E-state index in [9.17, 15) is 9.59 Å². The van der Waals surface area contributed by atoms with Crippen molar-refractivity contribution in [3.63, 3.8) is 0 Å². The van der Waals surface area contributed by atoms with Crippen LogP contribution in [-0.2, 0) is 9.59 Å². The summed E-state index contributed by atoms with van der Waals surface area (Å²) in [5.74, 6) is 0.998. The highest BCUT2D eigenvalue weighted by Gasteiger charge is 2.32. The Balaban J connectivity index is 0.000000952. The van der Waals surface area contributed by atoms with Gasteiger partial charge in [-0.25, -0.2) is 0 Å². The molecule has 1 amide bonds. The lowest BCUT2D eigenvalue weighted by Gasteiger charge is -2.36. The van der Waals surface area contributed by atoms with Crippen LogP contribution in [0.1, 0.15) is 79.6 Å². The fourth-order valence-corrected chi connectivity index (χ4v) is 3.39. The number of hydrogen-bond acceptors (Lipinski definition) is 3. The largest absolute Gasteiger partial charge is 0.342 e. The molecule has 1 saturated carbocycles. The van der Waals surface area contributed by atoms with Gasteiger partial charge in [-0.05, 0) is 52.5 Å². The molecule has 24 heavy (non-hydrogen) atoms. The normalized spacial score (nSPS) is 24.2. The molecule has 2 aliphatic rings. The average Bonchev–Trinajstić information content (AvgIpc) is 2.63. The first kappa shape index (κ1) is 23.1. The zero-order valence-electron chi connectivity index (χ0n) is 16.9. The molecule has 4 nitrogen and oxygen atoms in total. The van der Waals surface area contributed by atoms with E-state index in [0.717, 1.165) is 51.6 Å². The molecular weight excluding hydrogens is 300 g/mol. The lowest BCUT2D eigenvalue weighted by atomic mass is 9.79. The van der Waals surface area contributed by atoms with Gasteiger partial charge in [-0.15, -0.1) is 0 Å². The number of piperidine rings is 1. The molecule has 1 aliphatic heterocycles. The summed E-state index contributed by atoms with van der Waals surface area (Å²) in [6.07, 6.45) is 6.97. The van der Waals surface area contributed by atoms with Crippen LogP contribution in [0, 0.1) is 11.8 Å². The van der Waals surface area contributed by atoms with E-state index in [1.807, 2.05) is 25.8 Å². The monoisotopic (exact) mass is 340 g/mol. The SMILES string of the molecule is CC.CCC.CNC1CCN(C(=O)C2CCC(C(C)=O)CC2)CC1. The number of nitrogens with one attached hydrogen (secondary N) is 1. The highest BCUT2D eigenvalue weighted by atomic mass is 16.2. The molecule has 4 heteroatoms. The Kier molecular flexibility index (Phi) is 12.9. The van der Waals surface area contributed by atoms with E-state index in [-0.39, 0.29) is 11.8 Å². The van der Waals surface area contributed by atoms with Crippen molar-refractivity contribution in [1.29, 1.82) is 0 Å². The van der Waals surface area contributed by atoms with Crippen LogP contribution in [0.25, 0.3) is 0 Å². The number of carbonyl (C=O) groups excluding carboxylic acids is 2. The molecule has 1 aliphatic carbocycles. The van der Waals surface area contributed by atoms with Crippen LogP contribution >= 0.6 is 0 Å². The molecule has 0 unspecified atom stereocenters. The first-order valence-corrected chi connectivity index (χ1v) is 9.99. The minimum absolute atomic E-state index is 0.168. The Morgan fingerprint density at radius 2 is 1.33 bits per heavy atom. The summed E-state index contributed by atoms with van der Waals surface area (Å²) in [5, 5.41) is 3.29. The van der Waals surface area contributed by atoms with Crippen LogP contribution in [-0.4, -0.2) is 42.8 Å². The van der Waals surface area contributed by atoms with Crippen molar-refractivity contribution >= 4 is 11.7 Å². The van der Waals surface area contributed by atoms with Crippen molar-refractivity contribution in [3.05, 3.63) is 0 Å². The molecule has 1 N–H and O–H groups in total. The lowest BCUT2D eigenvalue weighted by molar-refractivity contribution is -0.139. The fraction of sp³-hybridized carbons (Fsp3) is 0.900. The number of carbonyl (C=O) groups is 2. The third kappa shape index (κ3) is 7.78. The van der Waals surface area contributed by atoms with E-state index in [0.29, 0.717) is 17.7 Å². The van der Waals surface area contributed by atoms with E-state index in [4.69, 9.17) is 0 Å². The van der Waals surface area contributed by atoms with Crippen LogP contribution in [0.3, 0.4) is 0 Å². The van der Waals surface area contributed by atoms with Crippen molar-refractivity contribution < 1.29 is 9.59 Å². The first-order valence-electron chi connectivity index (χ1n) is 9.99. The number of ketones is 1. The maximum atomic E-state index is 12.4. The summed E-state index contributed by atoms with van der Waals surface area (Å²) >= 11 is 0. The molecular formula is C20H40N2O2. The Hall–Kier alpha value is -0.900. The van der Waals surface area contributed by atoms with Gasteiger partial charge < -0.3 is 10.2 Å². The topological polar surface area (TPSA) is 49.4 Å². The molecule has 1 heterocycles. The number of nitrogens with zero attached hydrogens (tertiary/aromatic N) is 1. The predicted octanol–water partition coefficient (Wildman–Crippen LogP) is 4.03. The van der Waals surface area contributed by atoms with E-state index >= 15 is 0 Å². The first-order chi connectivity index (χ1) is 11.5. The smallest absolute Gasteiger partial charge is 0.225 e. The van der Waals surface area contributed by atoms with E-state index in [2.05, 4.69) is 19.2 Å². The van der Waals surface area contributed by atoms with E-state index in [1.54, 1.807) is 6.92 Å². The third-order valence-electron chi connectivity index (χ3n) is 4.87. The Morgan fingerprint density at radius 3 is 1.71 bits per heavy atom. The Labute approximate surface area is 149 Å². The second-order valence-electron chi connectivity index (χ2n) is 6.75. The highest BCUT2D eigenvalue weighted by Crippen LogP contribution is 2.31. The third-order valence-corrected chi connectivity index (χ3v) is 4.87. The lowest BCUT2D eigenvalue weighted by Crippen LogP contribution is -2.46. The number of likely N-dealkylation sites (tertiary alicyclic amines) is 1. The van der Waals surface area contributed by atoms with Gasteiger partial charge in [-0.2, -0.15) is 0 Å². The number of hydrogen-bond donors (Lipinski definition) is 1. The highest BCUT2D eigenvalue weighted by molar-refractivity contribution is 5.81. The fourth-order valence-electron chi connectivity index (χ4n) is 3.39. The molecule has 0 spiro atoms. The second-order valence-corrected chi connectivity index (χ2v) is 6.75. The van der Waals surface area contributed by atoms with Gasteiger partial charge in [-0.1, -0.05) is 34.1 Å². The molecule has 0 aromatic carbocycles. The minimum Gasteiger partial charge on any atom is -0.342 e. The average molecular weight is 341 g/mol. The standard InChI is InChI=1S/C15H26N2O2.C3H8.C2H6/c1-11(18)12-3-5-13(6-4-12)15(19)17-9-7-14(16-2)8-10-17;1-3-2;1-2/h12-14,16H,3-10H2,1-2H3;3H2,1-2H3;1-2H3. The van der Waals surface area contributed by atoms with Crippen LogP contribution < -0.4 is 5.32 Å². The molecule has 2 rings (SSSR count). The van der Waals surface area contributed by atoms with Crippen molar-refractivity contribution in [2.75, 3.05) is 20.1 Å². The van der Waals surface area contributed by atoms with Crippen LogP contribution in [0.4, 0.5) is 0 Å². The molecule has 0 aromatic heterocycles. The quantitative estimate of drug-likeness (QED) is 0.843. The number of Topliss-reactive ketones (excluding diaryl/α,β-unsaturated/α-hetero) is 1. The van der Waals surface area contributed by atoms with Gasteiger partial charge in [0.05, 0.1) is 0 Å². The van der Waals surface area contributed by atoms with Gasteiger partial charge >= 0.3 is 0 Å². The second kappa shape index (κ2) is 13.4. The van der Waals surface area contributed by atoms with Crippen LogP contribution in [0.2, 0.25) is 0 Å². The molecule has 0 bridgehead atoms. The summed E-state index contributed by atoms with van der Waals surface area (Å²) in [5.41, 5.74) is 0. The van der Waals surface area contributed by atoms with Gasteiger partial charge in [0.1, 0.15) is 5.78 Å². The maximum Gasteiger partial charge on any atom is 0.225 e. The summed E-state index contributed by atoms with van der Waals surface area (Å²) in [7, 11) is 1.99. The summed E-state index contributed by atoms with van der Waals surface area (Å²) < 4.78 is 0. The zero-order valence-corrected chi connectivity index (χ0v) is 16.9.